The van der Waals surface area contributed by atoms with E-state index in [1.54, 1.807) is 0 Å². The van der Waals surface area contributed by atoms with Crippen molar-refractivity contribution in [1.82, 2.24) is 0 Å². The zero-order valence-electron chi connectivity index (χ0n) is 10.1. The lowest BCUT2D eigenvalue weighted by atomic mass is 10.1. The van der Waals surface area contributed by atoms with Crippen molar-refractivity contribution < 1.29 is 19.1 Å². The zero-order valence-corrected chi connectivity index (χ0v) is 10.1. The van der Waals surface area contributed by atoms with E-state index in [1.807, 2.05) is 30.3 Å². The molecule has 0 N–H and O–H groups in total. The minimum absolute atomic E-state index is 0.0415. The standard InChI is InChI=1S/C13H12N2O4/c14-9-19-12(8-11-4-2-1-3-5-11)13(17)18-7-6-15-10-16/h1-5,12H,6-8H2. The minimum atomic E-state index is -0.993. The monoisotopic (exact) mass is 260 g/mol. The van der Waals surface area contributed by atoms with Gasteiger partial charge in [0.2, 0.25) is 12.2 Å². The van der Waals surface area contributed by atoms with Gasteiger partial charge in [-0.05, 0) is 5.56 Å². The maximum Gasteiger partial charge on any atom is 0.348 e. The van der Waals surface area contributed by atoms with E-state index < -0.39 is 12.1 Å². The molecule has 0 saturated carbocycles. The van der Waals surface area contributed by atoms with Gasteiger partial charge in [0.05, 0.1) is 6.54 Å². The molecule has 0 amide bonds. The molecule has 0 aromatic heterocycles. The Morgan fingerprint density at radius 1 is 1.37 bits per heavy atom. The van der Waals surface area contributed by atoms with Crippen molar-refractivity contribution in [3.63, 3.8) is 0 Å². The molecule has 1 aromatic rings. The second-order valence-electron chi connectivity index (χ2n) is 3.53. The molecule has 0 heterocycles. The van der Waals surface area contributed by atoms with Gasteiger partial charge < -0.3 is 9.47 Å². The van der Waals surface area contributed by atoms with Crippen LogP contribution >= 0.6 is 0 Å². The Kier molecular flexibility index (Phi) is 6.41. The fraction of sp³-hybridized carbons (Fsp3) is 0.308. The number of rotatable bonds is 7. The summed E-state index contributed by atoms with van der Waals surface area (Å²) in [6.07, 6.45) is 2.07. The zero-order chi connectivity index (χ0) is 13.9. The van der Waals surface area contributed by atoms with Gasteiger partial charge >= 0.3 is 5.97 Å². The lowest BCUT2D eigenvalue weighted by molar-refractivity contribution is -0.153. The normalized spacial score (nSPS) is 10.7. The molecule has 0 aliphatic heterocycles. The van der Waals surface area contributed by atoms with Crippen molar-refractivity contribution in [2.75, 3.05) is 13.2 Å². The van der Waals surface area contributed by atoms with Crippen LogP contribution in [0.5, 0.6) is 0 Å². The first-order chi connectivity index (χ1) is 9.27. The van der Waals surface area contributed by atoms with Crippen LogP contribution in [-0.4, -0.2) is 31.3 Å². The van der Waals surface area contributed by atoms with E-state index >= 15 is 0 Å². The number of carbonyl (C=O) groups excluding carboxylic acids is 2. The van der Waals surface area contributed by atoms with Gasteiger partial charge in [0.1, 0.15) is 6.61 Å². The SMILES string of the molecule is N#COC(Cc1ccccc1)C(=O)OCCN=C=O. The van der Waals surface area contributed by atoms with Crippen LogP contribution in [0.25, 0.3) is 0 Å². The molecule has 0 radical (unpaired) electrons. The van der Waals surface area contributed by atoms with Crippen molar-refractivity contribution >= 4 is 12.0 Å². The lowest BCUT2D eigenvalue weighted by Crippen LogP contribution is -2.28. The van der Waals surface area contributed by atoms with E-state index in [-0.39, 0.29) is 19.6 Å². The van der Waals surface area contributed by atoms with E-state index in [2.05, 4.69) is 9.73 Å². The third-order valence-electron chi connectivity index (χ3n) is 2.23. The van der Waals surface area contributed by atoms with Crippen LogP contribution in [0.15, 0.2) is 35.3 Å². The number of hydrogen-bond acceptors (Lipinski definition) is 6. The number of aliphatic imine (C=N–C) groups is 1. The van der Waals surface area contributed by atoms with Gasteiger partial charge in [-0.15, -0.1) is 0 Å². The largest absolute Gasteiger partial charge is 0.461 e. The summed E-state index contributed by atoms with van der Waals surface area (Å²) in [4.78, 5) is 24.7. The molecule has 1 aromatic carbocycles. The Morgan fingerprint density at radius 2 is 2.11 bits per heavy atom. The summed E-state index contributed by atoms with van der Waals surface area (Å²) in [7, 11) is 0. The summed E-state index contributed by atoms with van der Waals surface area (Å²) in [6, 6.07) is 9.13. The van der Waals surface area contributed by atoms with Crippen LogP contribution in [0.2, 0.25) is 0 Å². The average molecular weight is 260 g/mol. The predicted molar refractivity (Wildman–Crippen MR) is 64.6 cm³/mol. The fourth-order valence-corrected chi connectivity index (χ4v) is 1.40. The number of ether oxygens (including phenoxy) is 2. The number of hydrogen-bond donors (Lipinski definition) is 0. The molecule has 0 bridgehead atoms. The van der Waals surface area contributed by atoms with Gasteiger partial charge in [-0.1, -0.05) is 30.3 Å². The van der Waals surface area contributed by atoms with Crippen LogP contribution in [-0.2, 0) is 25.5 Å². The first-order valence-corrected chi connectivity index (χ1v) is 5.57. The fourth-order valence-electron chi connectivity index (χ4n) is 1.40. The van der Waals surface area contributed by atoms with E-state index in [4.69, 9.17) is 10.00 Å². The minimum Gasteiger partial charge on any atom is -0.461 e. The van der Waals surface area contributed by atoms with Crippen molar-refractivity contribution in [3.8, 4) is 6.26 Å². The Bertz CT molecular complexity index is 489. The van der Waals surface area contributed by atoms with Gasteiger partial charge in [-0.3, -0.25) is 0 Å². The molecule has 0 spiro atoms. The van der Waals surface area contributed by atoms with Crippen LogP contribution in [0.4, 0.5) is 0 Å². The number of carbonyl (C=O) groups is 1. The summed E-state index contributed by atoms with van der Waals surface area (Å²) < 4.78 is 9.53. The van der Waals surface area contributed by atoms with Gasteiger partial charge in [0.15, 0.2) is 0 Å². The van der Waals surface area contributed by atoms with Crippen LogP contribution in [0.1, 0.15) is 5.56 Å². The number of isocyanates is 1. The molecule has 1 rings (SSSR count). The molecule has 0 fully saturated rings. The highest BCUT2D eigenvalue weighted by molar-refractivity contribution is 5.75. The van der Waals surface area contributed by atoms with Gasteiger partial charge in [-0.2, -0.15) is 5.26 Å². The molecule has 1 unspecified atom stereocenters. The third kappa shape index (κ3) is 5.48. The van der Waals surface area contributed by atoms with Gasteiger partial charge in [0, 0.05) is 6.42 Å². The van der Waals surface area contributed by atoms with E-state index in [0.29, 0.717) is 0 Å². The Labute approximate surface area is 110 Å². The second-order valence-corrected chi connectivity index (χ2v) is 3.53. The molecular weight excluding hydrogens is 248 g/mol. The van der Waals surface area contributed by atoms with E-state index in [0.717, 1.165) is 5.56 Å². The van der Waals surface area contributed by atoms with Crippen molar-refractivity contribution in [3.05, 3.63) is 35.9 Å². The quantitative estimate of drug-likeness (QED) is 0.240. The van der Waals surface area contributed by atoms with E-state index in [1.165, 1.54) is 12.3 Å². The van der Waals surface area contributed by atoms with Crippen LogP contribution < -0.4 is 0 Å². The van der Waals surface area contributed by atoms with Gasteiger partial charge in [-0.25, -0.2) is 14.6 Å². The number of nitriles is 1. The number of esters is 1. The molecule has 19 heavy (non-hydrogen) atoms. The first kappa shape index (κ1) is 14.4. The molecule has 0 aliphatic rings. The third-order valence-corrected chi connectivity index (χ3v) is 2.23. The Morgan fingerprint density at radius 3 is 2.74 bits per heavy atom. The first-order valence-electron chi connectivity index (χ1n) is 5.57. The molecule has 98 valence electrons. The van der Waals surface area contributed by atoms with Crippen molar-refractivity contribution in [2.45, 2.75) is 12.5 Å². The average Bonchev–Trinajstić information content (AvgIpc) is 2.44. The van der Waals surface area contributed by atoms with Gasteiger partial charge in [0.25, 0.3) is 6.26 Å². The topological polar surface area (TPSA) is 88.8 Å². The number of benzene rings is 1. The molecular formula is C13H12N2O4. The predicted octanol–water partition coefficient (Wildman–Crippen LogP) is 0.974. The summed E-state index contributed by atoms with van der Waals surface area (Å²) in [5.74, 6) is -0.661. The molecule has 0 aliphatic carbocycles. The van der Waals surface area contributed by atoms with Crippen LogP contribution in [0, 0.1) is 11.5 Å². The highest BCUT2D eigenvalue weighted by atomic mass is 16.6. The summed E-state index contributed by atoms with van der Waals surface area (Å²) in [5, 5.41) is 8.52. The van der Waals surface area contributed by atoms with E-state index in [9.17, 15) is 9.59 Å². The molecule has 6 nitrogen and oxygen atoms in total. The van der Waals surface area contributed by atoms with Crippen molar-refractivity contribution in [1.29, 1.82) is 5.26 Å². The Balaban J connectivity index is 2.54. The highest BCUT2D eigenvalue weighted by Gasteiger charge is 2.22. The Hall–Kier alpha value is -2.64. The highest BCUT2D eigenvalue weighted by Crippen LogP contribution is 2.07. The summed E-state index contributed by atoms with van der Waals surface area (Å²) >= 11 is 0. The lowest BCUT2D eigenvalue weighted by Gasteiger charge is -2.12. The number of nitrogens with zero attached hydrogens (tertiary/aromatic N) is 2. The maximum atomic E-state index is 11.7. The van der Waals surface area contributed by atoms with Crippen LogP contribution in [0.3, 0.4) is 0 Å². The summed E-state index contributed by atoms with van der Waals surface area (Å²) in [5.41, 5.74) is 0.852. The molecule has 0 saturated heterocycles. The summed E-state index contributed by atoms with van der Waals surface area (Å²) in [6.45, 7) is -0.00595. The molecule has 1 atom stereocenters. The second kappa shape index (κ2) is 8.45. The maximum absolute atomic E-state index is 11.7. The molecule has 6 heteroatoms. The van der Waals surface area contributed by atoms with Crippen molar-refractivity contribution in [2.24, 2.45) is 4.99 Å². The smallest absolute Gasteiger partial charge is 0.348 e.